The molecular weight excluding hydrogens is 512 g/mol. The second-order valence-electron chi connectivity index (χ2n) is 7.92. The maximum absolute atomic E-state index is 13.9. The van der Waals surface area contributed by atoms with E-state index in [9.17, 15) is 30.8 Å². The number of aromatic nitrogens is 1. The molecule has 11 heteroatoms. The number of alkyl halides is 3. The van der Waals surface area contributed by atoms with Crippen molar-refractivity contribution in [2.24, 2.45) is 0 Å². The van der Waals surface area contributed by atoms with E-state index in [1.165, 1.54) is 30.5 Å². The van der Waals surface area contributed by atoms with E-state index in [-0.39, 0.29) is 28.4 Å². The predicted molar refractivity (Wildman–Crippen MR) is 129 cm³/mol. The van der Waals surface area contributed by atoms with Crippen molar-refractivity contribution < 1.29 is 35.5 Å². The molecule has 0 saturated carbocycles. The first-order chi connectivity index (χ1) is 17.5. The van der Waals surface area contributed by atoms with Gasteiger partial charge in [0, 0.05) is 11.6 Å². The van der Waals surface area contributed by atoms with Crippen LogP contribution in [0.25, 0.3) is 10.8 Å². The molecule has 0 aliphatic heterocycles. The van der Waals surface area contributed by atoms with Gasteiger partial charge >= 0.3 is 12.1 Å². The molecule has 0 spiro atoms. The number of hydrogen-bond acceptors (Lipinski definition) is 5. The highest BCUT2D eigenvalue weighted by Crippen LogP contribution is 2.34. The number of fused-ring (bicyclic) bond motifs is 1. The van der Waals surface area contributed by atoms with Gasteiger partial charge in [0.1, 0.15) is 5.82 Å². The number of rotatable bonds is 7. The number of carbonyl (C=O) groups is 1. The summed E-state index contributed by atoms with van der Waals surface area (Å²) in [5, 5.41) is 1.09. The zero-order chi connectivity index (χ0) is 26.8. The lowest BCUT2D eigenvalue weighted by Gasteiger charge is -2.25. The summed E-state index contributed by atoms with van der Waals surface area (Å²) in [6.07, 6.45) is -3.58. The van der Waals surface area contributed by atoms with E-state index in [0.29, 0.717) is 22.9 Å². The molecule has 3 aromatic carbocycles. The zero-order valence-electron chi connectivity index (χ0n) is 19.4. The molecule has 0 saturated heterocycles. The van der Waals surface area contributed by atoms with Crippen molar-refractivity contribution in [3.63, 3.8) is 0 Å². The standard InChI is InChI=1S/C26H20F4N2O4S/c1-2-36-25(33)19-8-10-20(11-9-19)37(34,35)32(24-21-6-4-3-5-18(21)13-14-31-24)16-17-7-12-23(27)22(15-17)26(28,29)30/h3-15H,2,16H2,1H3. The van der Waals surface area contributed by atoms with E-state index < -0.39 is 40.1 Å². The lowest BCUT2D eigenvalue weighted by Crippen LogP contribution is -2.31. The number of esters is 1. The van der Waals surface area contributed by atoms with E-state index in [1.807, 2.05) is 0 Å². The Labute approximate surface area is 210 Å². The average molecular weight is 533 g/mol. The van der Waals surface area contributed by atoms with Gasteiger partial charge in [0.25, 0.3) is 10.0 Å². The molecule has 6 nitrogen and oxygen atoms in total. The maximum Gasteiger partial charge on any atom is 0.419 e. The van der Waals surface area contributed by atoms with Crippen molar-refractivity contribution in [1.29, 1.82) is 0 Å². The summed E-state index contributed by atoms with van der Waals surface area (Å²) in [4.78, 5) is 16.0. The van der Waals surface area contributed by atoms with Crippen LogP contribution in [0.4, 0.5) is 23.4 Å². The molecule has 0 aliphatic rings. The fourth-order valence-corrected chi connectivity index (χ4v) is 5.16. The molecular formula is C26H20F4N2O4S. The Hall–Kier alpha value is -3.99. The van der Waals surface area contributed by atoms with Gasteiger partial charge in [0.05, 0.1) is 29.2 Å². The van der Waals surface area contributed by atoms with Gasteiger partial charge in [-0.25, -0.2) is 26.9 Å². The molecule has 0 amide bonds. The van der Waals surface area contributed by atoms with E-state index in [1.54, 1.807) is 37.3 Å². The highest BCUT2D eigenvalue weighted by Gasteiger charge is 2.35. The number of halogens is 4. The molecule has 4 aromatic rings. The number of pyridine rings is 1. The van der Waals surface area contributed by atoms with Gasteiger partial charge in [-0.1, -0.05) is 30.3 Å². The van der Waals surface area contributed by atoms with Crippen LogP contribution in [-0.2, 0) is 27.5 Å². The van der Waals surface area contributed by atoms with Gasteiger partial charge < -0.3 is 4.74 Å². The van der Waals surface area contributed by atoms with Crippen molar-refractivity contribution >= 4 is 32.6 Å². The van der Waals surface area contributed by atoms with Crippen molar-refractivity contribution in [2.45, 2.75) is 24.5 Å². The van der Waals surface area contributed by atoms with Crippen LogP contribution in [-0.4, -0.2) is 26.0 Å². The van der Waals surface area contributed by atoms with Crippen LogP contribution in [0.1, 0.15) is 28.4 Å². The molecule has 4 rings (SSSR count). The highest BCUT2D eigenvalue weighted by atomic mass is 32.2. The molecule has 37 heavy (non-hydrogen) atoms. The first-order valence-corrected chi connectivity index (χ1v) is 12.5. The summed E-state index contributed by atoms with van der Waals surface area (Å²) in [6, 6.07) is 15.7. The first-order valence-electron chi connectivity index (χ1n) is 11.0. The van der Waals surface area contributed by atoms with Gasteiger partial charge in [0.15, 0.2) is 5.82 Å². The van der Waals surface area contributed by atoms with Crippen molar-refractivity contribution in [3.8, 4) is 0 Å². The van der Waals surface area contributed by atoms with Gasteiger partial charge in [0.2, 0.25) is 0 Å². The third-order valence-electron chi connectivity index (χ3n) is 5.50. The Morgan fingerprint density at radius 2 is 1.70 bits per heavy atom. The highest BCUT2D eigenvalue weighted by molar-refractivity contribution is 7.92. The van der Waals surface area contributed by atoms with Crippen LogP contribution < -0.4 is 4.31 Å². The molecule has 0 aliphatic carbocycles. The second-order valence-corrected chi connectivity index (χ2v) is 9.79. The van der Waals surface area contributed by atoms with Gasteiger partial charge in [-0.15, -0.1) is 0 Å². The average Bonchev–Trinajstić information content (AvgIpc) is 2.87. The third kappa shape index (κ3) is 5.41. The molecule has 192 valence electrons. The monoisotopic (exact) mass is 532 g/mol. The van der Waals surface area contributed by atoms with Crippen molar-refractivity contribution in [1.82, 2.24) is 4.98 Å². The summed E-state index contributed by atoms with van der Waals surface area (Å²) >= 11 is 0. The van der Waals surface area contributed by atoms with Crippen LogP contribution in [0.5, 0.6) is 0 Å². The largest absolute Gasteiger partial charge is 0.462 e. The second kappa shape index (κ2) is 10.2. The van der Waals surface area contributed by atoms with Crippen LogP contribution in [0, 0.1) is 5.82 Å². The van der Waals surface area contributed by atoms with Crippen molar-refractivity contribution in [3.05, 3.63) is 102 Å². The zero-order valence-corrected chi connectivity index (χ0v) is 20.2. The molecule has 0 N–H and O–H groups in total. The number of anilines is 1. The minimum Gasteiger partial charge on any atom is -0.462 e. The minimum absolute atomic E-state index is 0.0227. The Balaban J connectivity index is 1.85. The van der Waals surface area contributed by atoms with Crippen molar-refractivity contribution in [2.75, 3.05) is 10.9 Å². The number of carbonyl (C=O) groups excluding carboxylic acids is 1. The summed E-state index contributed by atoms with van der Waals surface area (Å²) in [6.45, 7) is 1.20. The number of nitrogens with zero attached hydrogens (tertiary/aromatic N) is 2. The summed E-state index contributed by atoms with van der Waals surface area (Å²) in [5.74, 6) is -2.13. The maximum atomic E-state index is 13.9. The Bertz CT molecular complexity index is 1550. The molecule has 0 radical (unpaired) electrons. The Morgan fingerprint density at radius 1 is 1.00 bits per heavy atom. The fraction of sp³-hybridized carbons (Fsp3) is 0.154. The Morgan fingerprint density at radius 3 is 2.38 bits per heavy atom. The molecule has 0 atom stereocenters. The Kier molecular flexibility index (Phi) is 7.17. The minimum atomic E-state index is -4.97. The summed E-state index contributed by atoms with van der Waals surface area (Å²) in [7, 11) is -4.41. The first kappa shape index (κ1) is 26.1. The van der Waals surface area contributed by atoms with E-state index in [4.69, 9.17) is 4.74 Å². The molecule has 1 aromatic heterocycles. The summed E-state index contributed by atoms with van der Waals surface area (Å²) < 4.78 is 87.3. The van der Waals surface area contributed by atoms with Crippen LogP contribution >= 0.6 is 0 Å². The van der Waals surface area contributed by atoms with E-state index in [0.717, 1.165) is 10.4 Å². The van der Waals surface area contributed by atoms with Gasteiger partial charge in [-0.05, 0) is 60.3 Å². The molecule has 1 heterocycles. The third-order valence-corrected chi connectivity index (χ3v) is 7.25. The molecule has 0 unspecified atom stereocenters. The van der Waals surface area contributed by atoms with Gasteiger partial charge in [-0.2, -0.15) is 13.2 Å². The lowest BCUT2D eigenvalue weighted by atomic mass is 10.1. The molecule has 0 fully saturated rings. The molecule has 0 bridgehead atoms. The topological polar surface area (TPSA) is 76.6 Å². The quantitative estimate of drug-likeness (QED) is 0.217. The number of benzene rings is 3. The summed E-state index contributed by atoms with van der Waals surface area (Å²) in [5.41, 5.74) is -1.48. The number of hydrogen-bond donors (Lipinski definition) is 0. The van der Waals surface area contributed by atoms with Gasteiger partial charge in [-0.3, -0.25) is 0 Å². The van der Waals surface area contributed by atoms with Crippen LogP contribution in [0.3, 0.4) is 0 Å². The van der Waals surface area contributed by atoms with Crippen LogP contribution in [0.15, 0.2) is 83.9 Å². The smallest absolute Gasteiger partial charge is 0.419 e. The normalized spacial score (nSPS) is 11.9. The fourth-order valence-electron chi connectivity index (χ4n) is 3.73. The predicted octanol–water partition coefficient (Wildman–Crippen LogP) is 5.96. The number of sulfonamides is 1. The van der Waals surface area contributed by atoms with Crippen LogP contribution in [0.2, 0.25) is 0 Å². The van der Waals surface area contributed by atoms with E-state index >= 15 is 0 Å². The number of ether oxygens (including phenoxy) is 1. The SMILES string of the molecule is CCOC(=O)c1ccc(S(=O)(=O)N(Cc2ccc(F)c(C(F)(F)F)c2)c2nccc3ccccc23)cc1. The van der Waals surface area contributed by atoms with E-state index in [2.05, 4.69) is 4.98 Å². The lowest BCUT2D eigenvalue weighted by molar-refractivity contribution is -0.140.